The van der Waals surface area contributed by atoms with Crippen LogP contribution < -0.4 is 5.32 Å². The Hall–Kier alpha value is -1.64. The van der Waals surface area contributed by atoms with Crippen LogP contribution >= 0.6 is 0 Å². The molecule has 1 spiro atoms. The molecule has 2 heteroatoms. The highest BCUT2D eigenvalue weighted by atomic mass is 16.5. The van der Waals surface area contributed by atoms with Crippen molar-refractivity contribution in [1.29, 1.82) is 0 Å². The first-order valence-corrected chi connectivity index (χ1v) is 8.85. The first kappa shape index (κ1) is 14.9. The average Bonchev–Trinajstić information content (AvgIpc) is 2.62. The zero-order valence-electron chi connectivity index (χ0n) is 13.6. The minimum Gasteiger partial charge on any atom is -0.370 e. The standard InChI is InChI=1S/C21H25NO/c1-2-7-17(8-3-1)16-22-19-10-6-13-21(15-19)20-11-5-4-9-18(20)12-14-23-21/h1-5,7-9,11,19,22H,6,10,12-16H2/t19-,21+/m0/s1. The lowest BCUT2D eigenvalue weighted by Gasteiger charge is -2.45. The summed E-state index contributed by atoms with van der Waals surface area (Å²) in [4.78, 5) is 0. The first-order chi connectivity index (χ1) is 11.4. The molecular weight excluding hydrogens is 282 g/mol. The van der Waals surface area contributed by atoms with Crippen LogP contribution in [0.25, 0.3) is 0 Å². The molecule has 2 atom stereocenters. The van der Waals surface area contributed by atoms with Crippen molar-refractivity contribution in [3.8, 4) is 0 Å². The number of ether oxygens (including phenoxy) is 1. The van der Waals surface area contributed by atoms with Crippen LogP contribution in [0.1, 0.15) is 42.4 Å². The molecule has 0 amide bonds. The lowest BCUT2D eigenvalue weighted by molar-refractivity contribution is -0.0916. The van der Waals surface area contributed by atoms with E-state index in [2.05, 4.69) is 59.9 Å². The molecule has 1 fully saturated rings. The van der Waals surface area contributed by atoms with Crippen LogP contribution in [0, 0.1) is 0 Å². The molecule has 1 heterocycles. The second-order valence-electron chi connectivity index (χ2n) is 6.91. The van der Waals surface area contributed by atoms with Crippen molar-refractivity contribution in [1.82, 2.24) is 5.32 Å². The van der Waals surface area contributed by atoms with Gasteiger partial charge in [-0.1, -0.05) is 54.6 Å². The predicted molar refractivity (Wildman–Crippen MR) is 93.3 cm³/mol. The molecule has 1 aliphatic carbocycles. The maximum Gasteiger partial charge on any atom is 0.0948 e. The van der Waals surface area contributed by atoms with Crippen molar-refractivity contribution in [3.05, 3.63) is 71.3 Å². The fraction of sp³-hybridized carbons (Fsp3) is 0.429. The third-order valence-corrected chi connectivity index (χ3v) is 5.40. The van der Waals surface area contributed by atoms with Gasteiger partial charge in [0.15, 0.2) is 0 Å². The van der Waals surface area contributed by atoms with Crippen LogP contribution in [0.4, 0.5) is 0 Å². The van der Waals surface area contributed by atoms with Crippen LogP contribution in [-0.4, -0.2) is 12.6 Å². The topological polar surface area (TPSA) is 21.3 Å². The van der Waals surface area contributed by atoms with Gasteiger partial charge in [-0.3, -0.25) is 0 Å². The molecule has 2 aliphatic rings. The van der Waals surface area contributed by atoms with E-state index < -0.39 is 0 Å². The van der Waals surface area contributed by atoms with Crippen LogP contribution in [0.5, 0.6) is 0 Å². The molecule has 1 N–H and O–H groups in total. The second kappa shape index (κ2) is 6.46. The lowest BCUT2D eigenvalue weighted by atomic mass is 9.74. The quantitative estimate of drug-likeness (QED) is 0.918. The Morgan fingerprint density at radius 1 is 1.04 bits per heavy atom. The van der Waals surface area contributed by atoms with Gasteiger partial charge in [-0.15, -0.1) is 0 Å². The normalized spacial score (nSPS) is 26.9. The number of nitrogens with one attached hydrogen (secondary N) is 1. The maximum absolute atomic E-state index is 6.38. The summed E-state index contributed by atoms with van der Waals surface area (Å²) >= 11 is 0. The van der Waals surface area contributed by atoms with Crippen molar-refractivity contribution in [3.63, 3.8) is 0 Å². The number of fused-ring (bicyclic) bond motifs is 2. The van der Waals surface area contributed by atoms with Crippen molar-refractivity contribution in [2.45, 2.75) is 50.3 Å². The van der Waals surface area contributed by atoms with Gasteiger partial charge in [-0.05, 0) is 48.8 Å². The summed E-state index contributed by atoms with van der Waals surface area (Å²) < 4.78 is 6.38. The van der Waals surface area contributed by atoms with Crippen LogP contribution in [0.2, 0.25) is 0 Å². The molecule has 2 aromatic carbocycles. The van der Waals surface area contributed by atoms with Gasteiger partial charge in [-0.2, -0.15) is 0 Å². The van der Waals surface area contributed by atoms with E-state index in [0.29, 0.717) is 6.04 Å². The minimum atomic E-state index is -0.0541. The molecule has 1 saturated carbocycles. The van der Waals surface area contributed by atoms with Gasteiger partial charge in [0.1, 0.15) is 0 Å². The third kappa shape index (κ3) is 3.06. The van der Waals surface area contributed by atoms with E-state index in [1.54, 1.807) is 0 Å². The van der Waals surface area contributed by atoms with Crippen LogP contribution in [-0.2, 0) is 23.3 Å². The molecule has 4 rings (SSSR count). The smallest absolute Gasteiger partial charge is 0.0948 e. The van der Waals surface area contributed by atoms with E-state index in [0.717, 1.165) is 32.4 Å². The van der Waals surface area contributed by atoms with Gasteiger partial charge in [-0.25, -0.2) is 0 Å². The molecule has 23 heavy (non-hydrogen) atoms. The average molecular weight is 307 g/mol. The van der Waals surface area contributed by atoms with Gasteiger partial charge in [0.05, 0.1) is 12.2 Å². The fourth-order valence-corrected chi connectivity index (χ4v) is 4.26. The lowest BCUT2D eigenvalue weighted by Crippen LogP contribution is -2.45. The summed E-state index contributed by atoms with van der Waals surface area (Å²) in [6.45, 7) is 1.81. The van der Waals surface area contributed by atoms with Gasteiger partial charge in [0, 0.05) is 12.6 Å². The Labute approximate surface area is 138 Å². The summed E-state index contributed by atoms with van der Waals surface area (Å²) in [6.07, 6.45) is 5.80. The van der Waals surface area contributed by atoms with E-state index in [9.17, 15) is 0 Å². The van der Waals surface area contributed by atoms with E-state index in [1.807, 2.05) is 0 Å². The molecular formula is C21H25NO. The van der Waals surface area contributed by atoms with Gasteiger partial charge >= 0.3 is 0 Å². The molecule has 1 aliphatic heterocycles. The van der Waals surface area contributed by atoms with E-state index >= 15 is 0 Å². The minimum absolute atomic E-state index is 0.0541. The molecule has 0 saturated heterocycles. The summed E-state index contributed by atoms with van der Waals surface area (Å²) in [5.41, 5.74) is 4.23. The Bertz CT molecular complexity index is 654. The van der Waals surface area contributed by atoms with Gasteiger partial charge in [0.25, 0.3) is 0 Å². The Balaban J connectivity index is 1.49. The van der Waals surface area contributed by atoms with Crippen molar-refractivity contribution in [2.75, 3.05) is 6.61 Å². The number of benzene rings is 2. The van der Waals surface area contributed by atoms with Crippen molar-refractivity contribution < 1.29 is 4.74 Å². The summed E-state index contributed by atoms with van der Waals surface area (Å²) in [5.74, 6) is 0. The zero-order chi connectivity index (χ0) is 15.5. The number of hydrogen-bond acceptors (Lipinski definition) is 2. The second-order valence-corrected chi connectivity index (χ2v) is 6.91. The van der Waals surface area contributed by atoms with E-state index in [4.69, 9.17) is 4.74 Å². The summed E-state index contributed by atoms with van der Waals surface area (Å²) in [5, 5.41) is 3.76. The van der Waals surface area contributed by atoms with Gasteiger partial charge < -0.3 is 10.1 Å². The Kier molecular flexibility index (Phi) is 4.19. The highest BCUT2D eigenvalue weighted by Gasteiger charge is 2.41. The van der Waals surface area contributed by atoms with Crippen LogP contribution in [0.3, 0.4) is 0 Å². The maximum atomic E-state index is 6.38. The molecule has 0 aromatic heterocycles. The number of hydrogen-bond donors (Lipinski definition) is 1. The molecule has 0 radical (unpaired) electrons. The molecule has 2 nitrogen and oxygen atoms in total. The zero-order valence-corrected chi connectivity index (χ0v) is 13.6. The molecule has 2 aromatic rings. The Morgan fingerprint density at radius 2 is 1.87 bits per heavy atom. The van der Waals surface area contributed by atoms with E-state index in [-0.39, 0.29) is 5.60 Å². The van der Waals surface area contributed by atoms with E-state index in [1.165, 1.54) is 29.5 Å². The summed E-state index contributed by atoms with van der Waals surface area (Å²) in [7, 11) is 0. The van der Waals surface area contributed by atoms with Crippen molar-refractivity contribution >= 4 is 0 Å². The predicted octanol–water partition coefficient (Wildman–Crippen LogP) is 4.19. The fourth-order valence-electron chi connectivity index (χ4n) is 4.26. The molecule has 120 valence electrons. The highest BCUT2D eigenvalue weighted by Crippen LogP contribution is 2.44. The Morgan fingerprint density at radius 3 is 2.78 bits per heavy atom. The van der Waals surface area contributed by atoms with Gasteiger partial charge in [0.2, 0.25) is 0 Å². The van der Waals surface area contributed by atoms with Crippen molar-refractivity contribution in [2.24, 2.45) is 0 Å². The SMILES string of the molecule is c1ccc(CN[C@H]2CCC[C@]3(C2)OCCc2ccccc23)cc1. The highest BCUT2D eigenvalue weighted by molar-refractivity contribution is 5.35. The van der Waals surface area contributed by atoms with Crippen LogP contribution in [0.15, 0.2) is 54.6 Å². The third-order valence-electron chi connectivity index (χ3n) is 5.40. The summed E-state index contributed by atoms with van der Waals surface area (Å²) in [6, 6.07) is 20.1. The largest absolute Gasteiger partial charge is 0.370 e. The first-order valence-electron chi connectivity index (χ1n) is 8.85. The molecule has 0 bridgehead atoms. The molecule has 0 unspecified atom stereocenters. The monoisotopic (exact) mass is 307 g/mol. The number of rotatable bonds is 3.